The molecule has 20 heavy (non-hydrogen) atoms. The van der Waals surface area contributed by atoms with Crippen molar-refractivity contribution in [2.24, 2.45) is 11.7 Å². The Kier molecular flexibility index (Phi) is 4.84. The molecule has 1 atom stereocenters. The van der Waals surface area contributed by atoms with E-state index in [1.807, 2.05) is 32.0 Å². The number of amides is 1. The van der Waals surface area contributed by atoms with Gasteiger partial charge in [-0.25, -0.2) is 0 Å². The number of fused-ring (bicyclic) bond motifs is 1. The van der Waals surface area contributed by atoms with Gasteiger partial charge in [0.15, 0.2) is 11.5 Å². The minimum absolute atomic E-state index is 0.0995. The van der Waals surface area contributed by atoms with Crippen LogP contribution in [0.1, 0.15) is 19.4 Å². The summed E-state index contributed by atoms with van der Waals surface area (Å²) in [6.45, 7) is 5.61. The summed E-state index contributed by atoms with van der Waals surface area (Å²) in [7, 11) is 0. The van der Waals surface area contributed by atoms with Crippen LogP contribution in [0.15, 0.2) is 18.2 Å². The number of benzene rings is 1. The average Bonchev–Trinajstić information content (AvgIpc) is 2.46. The zero-order valence-corrected chi connectivity index (χ0v) is 12.0. The van der Waals surface area contributed by atoms with Crippen LogP contribution in [0, 0.1) is 5.92 Å². The van der Waals surface area contributed by atoms with Gasteiger partial charge in [0.05, 0.1) is 6.04 Å². The van der Waals surface area contributed by atoms with E-state index in [0.717, 1.165) is 23.5 Å². The van der Waals surface area contributed by atoms with Gasteiger partial charge in [0.2, 0.25) is 5.91 Å². The zero-order chi connectivity index (χ0) is 14.5. The van der Waals surface area contributed by atoms with Crippen LogP contribution < -0.4 is 20.5 Å². The van der Waals surface area contributed by atoms with Crippen LogP contribution in [-0.2, 0) is 11.2 Å². The predicted molar refractivity (Wildman–Crippen MR) is 77.0 cm³/mol. The van der Waals surface area contributed by atoms with Crippen LogP contribution in [0.5, 0.6) is 11.5 Å². The summed E-state index contributed by atoms with van der Waals surface area (Å²) < 4.78 is 11.0. The van der Waals surface area contributed by atoms with Gasteiger partial charge in [0.1, 0.15) is 13.2 Å². The number of nitrogens with two attached hydrogens (primary N) is 1. The maximum atomic E-state index is 11.7. The molecule has 0 aliphatic carbocycles. The minimum atomic E-state index is -0.449. The third kappa shape index (κ3) is 3.63. The van der Waals surface area contributed by atoms with Gasteiger partial charge in [-0.15, -0.1) is 0 Å². The standard InChI is InChI=1S/C15H22N2O3/c1-10(2)14(16)15(18)17-6-5-11-3-4-12-13(9-11)20-8-7-19-12/h3-4,9-10,14H,5-8,16H2,1-2H3,(H,17,18)/t14-/m0/s1. The molecule has 1 aliphatic heterocycles. The lowest BCUT2D eigenvalue weighted by Crippen LogP contribution is -2.44. The molecule has 0 saturated carbocycles. The van der Waals surface area contributed by atoms with Gasteiger partial charge in [-0.1, -0.05) is 19.9 Å². The van der Waals surface area contributed by atoms with Crippen LogP contribution in [0.25, 0.3) is 0 Å². The SMILES string of the molecule is CC(C)[C@H](N)C(=O)NCCc1ccc2c(c1)OCCO2. The molecular weight excluding hydrogens is 256 g/mol. The Balaban J connectivity index is 1.84. The highest BCUT2D eigenvalue weighted by atomic mass is 16.6. The van der Waals surface area contributed by atoms with Crippen molar-refractivity contribution in [3.05, 3.63) is 23.8 Å². The van der Waals surface area contributed by atoms with Gasteiger partial charge in [-0.3, -0.25) is 4.79 Å². The fourth-order valence-corrected chi connectivity index (χ4v) is 1.99. The van der Waals surface area contributed by atoms with Crippen LogP contribution in [0.2, 0.25) is 0 Å². The fraction of sp³-hybridized carbons (Fsp3) is 0.533. The monoisotopic (exact) mass is 278 g/mol. The van der Waals surface area contributed by atoms with E-state index in [-0.39, 0.29) is 11.8 Å². The number of rotatable bonds is 5. The van der Waals surface area contributed by atoms with Crippen molar-refractivity contribution < 1.29 is 14.3 Å². The minimum Gasteiger partial charge on any atom is -0.486 e. The van der Waals surface area contributed by atoms with Gasteiger partial charge in [0.25, 0.3) is 0 Å². The van der Waals surface area contributed by atoms with Gasteiger partial charge < -0.3 is 20.5 Å². The predicted octanol–water partition coefficient (Wildman–Crippen LogP) is 1.10. The van der Waals surface area contributed by atoms with Crippen LogP contribution in [0.3, 0.4) is 0 Å². The lowest BCUT2D eigenvalue weighted by Gasteiger charge is -2.19. The first-order chi connectivity index (χ1) is 9.58. The van der Waals surface area contributed by atoms with Gasteiger partial charge in [-0.05, 0) is 30.0 Å². The molecule has 0 aromatic heterocycles. The highest BCUT2D eigenvalue weighted by Gasteiger charge is 2.16. The quantitative estimate of drug-likeness (QED) is 0.846. The smallest absolute Gasteiger partial charge is 0.237 e. The third-order valence-corrected chi connectivity index (χ3v) is 3.34. The summed E-state index contributed by atoms with van der Waals surface area (Å²) in [5.41, 5.74) is 6.89. The molecule has 2 rings (SSSR count). The molecule has 1 heterocycles. The lowest BCUT2D eigenvalue weighted by atomic mass is 10.0. The highest BCUT2D eigenvalue weighted by Crippen LogP contribution is 2.30. The molecule has 0 unspecified atom stereocenters. The summed E-state index contributed by atoms with van der Waals surface area (Å²) in [5, 5.41) is 2.86. The molecule has 1 amide bonds. The van der Waals surface area contributed by atoms with E-state index < -0.39 is 6.04 Å². The van der Waals surface area contributed by atoms with E-state index in [1.54, 1.807) is 0 Å². The Morgan fingerprint density at radius 3 is 2.70 bits per heavy atom. The average molecular weight is 278 g/mol. The molecule has 1 aromatic rings. The number of nitrogens with one attached hydrogen (secondary N) is 1. The molecule has 1 aliphatic rings. The molecule has 0 bridgehead atoms. The second-order valence-corrected chi connectivity index (χ2v) is 5.29. The van der Waals surface area contributed by atoms with Crippen molar-refractivity contribution in [1.82, 2.24) is 5.32 Å². The normalized spacial score (nSPS) is 15.0. The lowest BCUT2D eigenvalue weighted by molar-refractivity contribution is -0.123. The van der Waals surface area contributed by atoms with E-state index in [1.165, 1.54) is 0 Å². The molecule has 0 fully saturated rings. The van der Waals surface area contributed by atoms with Gasteiger partial charge in [-0.2, -0.15) is 0 Å². The first kappa shape index (κ1) is 14.7. The first-order valence-corrected chi connectivity index (χ1v) is 6.99. The number of hydrogen-bond acceptors (Lipinski definition) is 4. The van der Waals surface area contributed by atoms with Crippen molar-refractivity contribution in [1.29, 1.82) is 0 Å². The number of carbonyl (C=O) groups is 1. The van der Waals surface area contributed by atoms with E-state index >= 15 is 0 Å². The Bertz CT molecular complexity index is 474. The van der Waals surface area contributed by atoms with E-state index in [0.29, 0.717) is 19.8 Å². The van der Waals surface area contributed by atoms with Crippen molar-refractivity contribution >= 4 is 5.91 Å². The summed E-state index contributed by atoms with van der Waals surface area (Å²) in [6.07, 6.45) is 0.743. The molecular formula is C15H22N2O3. The summed E-state index contributed by atoms with van der Waals surface area (Å²) >= 11 is 0. The Labute approximate surface area is 119 Å². The van der Waals surface area contributed by atoms with Crippen molar-refractivity contribution in [3.8, 4) is 11.5 Å². The third-order valence-electron chi connectivity index (χ3n) is 3.34. The second-order valence-electron chi connectivity index (χ2n) is 5.29. The maximum absolute atomic E-state index is 11.7. The van der Waals surface area contributed by atoms with E-state index in [9.17, 15) is 4.79 Å². The zero-order valence-electron chi connectivity index (χ0n) is 12.0. The molecule has 5 heteroatoms. The van der Waals surface area contributed by atoms with Gasteiger partial charge in [0, 0.05) is 6.54 Å². The fourth-order valence-electron chi connectivity index (χ4n) is 1.99. The Hall–Kier alpha value is -1.75. The van der Waals surface area contributed by atoms with Gasteiger partial charge >= 0.3 is 0 Å². The van der Waals surface area contributed by atoms with Crippen LogP contribution in [0.4, 0.5) is 0 Å². The summed E-state index contributed by atoms with van der Waals surface area (Å²) in [4.78, 5) is 11.7. The largest absolute Gasteiger partial charge is 0.486 e. The Morgan fingerprint density at radius 1 is 1.30 bits per heavy atom. The second kappa shape index (κ2) is 6.61. The summed E-state index contributed by atoms with van der Waals surface area (Å²) in [5.74, 6) is 1.60. The van der Waals surface area contributed by atoms with E-state index in [2.05, 4.69) is 5.32 Å². The summed E-state index contributed by atoms with van der Waals surface area (Å²) in [6, 6.07) is 5.41. The number of ether oxygens (including phenoxy) is 2. The molecule has 0 saturated heterocycles. The molecule has 1 aromatic carbocycles. The molecule has 110 valence electrons. The molecule has 0 spiro atoms. The van der Waals surface area contributed by atoms with Crippen LogP contribution in [-0.4, -0.2) is 31.7 Å². The number of carbonyl (C=O) groups excluding carboxylic acids is 1. The topological polar surface area (TPSA) is 73.6 Å². The van der Waals surface area contributed by atoms with Crippen LogP contribution >= 0.6 is 0 Å². The van der Waals surface area contributed by atoms with Crippen molar-refractivity contribution in [2.45, 2.75) is 26.3 Å². The Morgan fingerprint density at radius 2 is 2.00 bits per heavy atom. The molecule has 0 radical (unpaired) electrons. The van der Waals surface area contributed by atoms with Crippen molar-refractivity contribution in [2.75, 3.05) is 19.8 Å². The van der Waals surface area contributed by atoms with Crippen molar-refractivity contribution in [3.63, 3.8) is 0 Å². The highest BCUT2D eigenvalue weighted by molar-refractivity contribution is 5.81. The molecule has 5 nitrogen and oxygen atoms in total. The number of hydrogen-bond donors (Lipinski definition) is 2. The first-order valence-electron chi connectivity index (χ1n) is 6.99. The maximum Gasteiger partial charge on any atom is 0.237 e. The van der Waals surface area contributed by atoms with E-state index in [4.69, 9.17) is 15.2 Å². The molecule has 3 N–H and O–H groups in total.